The first-order valence-corrected chi connectivity index (χ1v) is 6.48. The Morgan fingerprint density at radius 1 is 1.20 bits per heavy atom. The second-order valence-electron chi connectivity index (χ2n) is 4.83. The highest BCUT2D eigenvalue weighted by atomic mass is 16.5. The van der Waals surface area contributed by atoms with Gasteiger partial charge in [-0.25, -0.2) is 10.9 Å². The van der Waals surface area contributed by atoms with E-state index in [2.05, 4.69) is 10.9 Å². The van der Waals surface area contributed by atoms with Gasteiger partial charge in [-0.05, 0) is 17.7 Å². The largest absolute Gasteiger partial charge is 0.490 e. The first-order valence-electron chi connectivity index (χ1n) is 6.48. The van der Waals surface area contributed by atoms with Crippen molar-refractivity contribution in [3.8, 4) is 11.5 Å². The standard InChI is InChI=1S/C13H16N2O5/c16-12-10(13(17)18)11(14-15-12)7-2-3-8-9(6-7)20-5-1-4-19-8/h2-3,6,10-12,14-16H,1,4-5H2,(H,17,18). The molecule has 20 heavy (non-hydrogen) atoms. The van der Waals surface area contributed by atoms with Gasteiger partial charge in [-0.2, -0.15) is 0 Å². The number of hydrazine groups is 1. The lowest BCUT2D eigenvalue weighted by Gasteiger charge is -2.18. The Bertz CT molecular complexity index is 521. The van der Waals surface area contributed by atoms with Gasteiger partial charge < -0.3 is 19.7 Å². The van der Waals surface area contributed by atoms with E-state index in [0.29, 0.717) is 24.7 Å². The van der Waals surface area contributed by atoms with Crippen LogP contribution in [0.2, 0.25) is 0 Å². The van der Waals surface area contributed by atoms with E-state index in [1.54, 1.807) is 18.2 Å². The number of ether oxygens (including phenoxy) is 2. The Morgan fingerprint density at radius 2 is 1.95 bits per heavy atom. The van der Waals surface area contributed by atoms with Gasteiger partial charge in [-0.3, -0.25) is 4.79 Å². The summed E-state index contributed by atoms with van der Waals surface area (Å²) in [6, 6.07) is 4.77. The minimum Gasteiger partial charge on any atom is -0.490 e. The molecule has 1 saturated heterocycles. The molecule has 0 amide bonds. The van der Waals surface area contributed by atoms with Crippen LogP contribution in [0.25, 0.3) is 0 Å². The van der Waals surface area contributed by atoms with E-state index in [9.17, 15) is 15.0 Å². The summed E-state index contributed by atoms with van der Waals surface area (Å²) in [7, 11) is 0. The van der Waals surface area contributed by atoms with E-state index in [4.69, 9.17) is 9.47 Å². The first kappa shape index (κ1) is 13.2. The fourth-order valence-corrected chi connectivity index (χ4v) is 2.48. The van der Waals surface area contributed by atoms with Gasteiger partial charge in [0.05, 0.1) is 19.3 Å². The molecule has 1 aromatic rings. The minimum atomic E-state index is -1.13. The summed E-state index contributed by atoms with van der Waals surface area (Å²) in [6.07, 6.45) is -0.322. The predicted molar refractivity (Wildman–Crippen MR) is 68.2 cm³/mol. The van der Waals surface area contributed by atoms with Crippen LogP contribution in [0.4, 0.5) is 0 Å². The highest BCUT2D eigenvalue weighted by Crippen LogP contribution is 2.35. The predicted octanol–water partition coefficient (Wildman–Crippen LogP) is 0.0160. The molecule has 2 heterocycles. The second-order valence-corrected chi connectivity index (χ2v) is 4.83. The molecule has 3 rings (SSSR count). The van der Waals surface area contributed by atoms with Gasteiger partial charge in [0.1, 0.15) is 12.1 Å². The van der Waals surface area contributed by atoms with Crippen molar-refractivity contribution in [3.63, 3.8) is 0 Å². The van der Waals surface area contributed by atoms with Crippen molar-refractivity contribution in [1.29, 1.82) is 0 Å². The molecule has 0 aliphatic carbocycles. The highest BCUT2D eigenvalue weighted by molar-refractivity contribution is 5.72. The molecule has 2 aliphatic heterocycles. The van der Waals surface area contributed by atoms with Gasteiger partial charge in [-0.1, -0.05) is 6.07 Å². The molecule has 0 radical (unpaired) electrons. The van der Waals surface area contributed by atoms with Crippen molar-refractivity contribution in [3.05, 3.63) is 23.8 Å². The zero-order valence-electron chi connectivity index (χ0n) is 10.7. The fourth-order valence-electron chi connectivity index (χ4n) is 2.48. The number of carboxylic acid groups (broad SMARTS) is 1. The van der Waals surface area contributed by atoms with E-state index in [0.717, 1.165) is 12.0 Å². The normalized spacial score (nSPS) is 28.9. The van der Waals surface area contributed by atoms with Crippen LogP contribution in [-0.4, -0.2) is 35.6 Å². The molecule has 7 nitrogen and oxygen atoms in total. The number of rotatable bonds is 2. The summed E-state index contributed by atoms with van der Waals surface area (Å²) in [5.74, 6) is -0.760. The van der Waals surface area contributed by atoms with Gasteiger partial charge in [0.2, 0.25) is 0 Å². The van der Waals surface area contributed by atoms with Gasteiger partial charge in [-0.15, -0.1) is 0 Å². The van der Waals surface area contributed by atoms with E-state index in [-0.39, 0.29) is 0 Å². The summed E-state index contributed by atoms with van der Waals surface area (Å²) >= 11 is 0. The smallest absolute Gasteiger partial charge is 0.312 e. The lowest BCUT2D eigenvalue weighted by molar-refractivity contribution is -0.145. The molecular weight excluding hydrogens is 264 g/mol. The lowest BCUT2D eigenvalue weighted by Crippen LogP contribution is -2.33. The summed E-state index contributed by atoms with van der Waals surface area (Å²) in [5, 5.41) is 18.9. The van der Waals surface area contributed by atoms with Crippen molar-refractivity contribution >= 4 is 5.97 Å². The first-order chi connectivity index (χ1) is 9.66. The topological polar surface area (TPSA) is 100 Å². The van der Waals surface area contributed by atoms with Crippen molar-refractivity contribution in [2.45, 2.75) is 18.7 Å². The van der Waals surface area contributed by atoms with Crippen LogP contribution in [0.15, 0.2) is 18.2 Å². The van der Waals surface area contributed by atoms with Gasteiger partial charge in [0.25, 0.3) is 0 Å². The summed E-state index contributed by atoms with van der Waals surface area (Å²) in [4.78, 5) is 11.2. The number of aliphatic hydroxyl groups is 1. The van der Waals surface area contributed by atoms with Crippen molar-refractivity contribution in [2.75, 3.05) is 13.2 Å². The second kappa shape index (κ2) is 5.28. The number of carboxylic acids is 1. The summed E-state index contributed by atoms with van der Waals surface area (Å²) in [6.45, 7) is 1.17. The van der Waals surface area contributed by atoms with Crippen molar-refractivity contribution in [1.82, 2.24) is 10.9 Å². The molecule has 0 saturated carbocycles. The summed E-state index contributed by atoms with van der Waals surface area (Å²) in [5.41, 5.74) is 6.07. The fraction of sp³-hybridized carbons (Fsp3) is 0.462. The molecule has 108 valence electrons. The Labute approximate surface area is 115 Å². The molecule has 1 aromatic carbocycles. The number of benzene rings is 1. The van der Waals surface area contributed by atoms with Crippen molar-refractivity contribution in [2.24, 2.45) is 5.92 Å². The van der Waals surface area contributed by atoms with Crippen LogP contribution in [-0.2, 0) is 4.79 Å². The van der Waals surface area contributed by atoms with E-state index in [1.165, 1.54) is 0 Å². The highest BCUT2D eigenvalue weighted by Gasteiger charge is 2.41. The number of nitrogens with one attached hydrogen (secondary N) is 2. The van der Waals surface area contributed by atoms with Crippen LogP contribution in [0.5, 0.6) is 11.5 Å². The molecule has 3 unspecified atom stereocenters. The average Bonchev–Trinajstić information content (AvgIpc) is 2.67. The third kappa shape index (κ3) is 2.31. The number of hydrogen-bond donors (Lipinski definition) is 4. The molecular formula is C13H16N2O5. The Balaban J connectivity index is 1.90. The minimum absolute atomic E-state index is 0.528. The maximum absolute atomic E-state index is 11.2. The van der Waals surface area contributed by atoms with Crippen LogP contribution in [0.3, 0.4) is 0 Å². The Kier molecular flexibility index (Phi) is 3.47. The van der Waals surface area contributed by atoms with Gasteiger partial charge >= 0.3 is 5.97 Å². The van der Waals surface area contributed by atoms with Gasteiger partial charge in [0.15, 0.2) is 11.5 Å². The molecule has 4 N–H and O–H groups in total. The number of aliphatic hydroxyl groups excluding tert-OH is 1. The Hall–Kier alpha value is -1.83. The zero-order valence-corrected chi connectivity index (χ0v) is 10.7. The molecule has 0 spiro atoms. The third-order valence-corrected chi connectivity index (χ3v) is 3.50. The molecule has 3 atom stereocenters. The molecule has 2 aliphatic rings. The number of aliphatic carboxylic acids is 1. The summed E-state index contributed by atoms with van der Waals surface area (Å²) < 4.78 is 11.1. The number of fused-ring (bicyclic) bond motifs is 1. The maximum atomic E-state index is 11.2. The average molecular weight is 280 g/mol. The Morgan fingerprint density at radius 3 is 2.70 bits per heavy atom. The number of hydrogen-bond acceptors (Lipinski definition) is 6. The van der Waals surface area contributed by atoms with Crippen LogP contribution < -0.4 is 20.3 Å². The van der Waals surface area contributed by atoms with E-state index >= 15 is 0 Å². The third-order valence-electron chi connectivity index (χ3n) is 3.50. The SMILES string of the molecule is O=C(O)C1C(O)NNC1c1ccc2c(c1)OCCCO2. The molecule has 7 heteroatoms. The quantitative estimate of drug-likeness (QED) is 0.606. The molecule has 0 bridgehead atoms. The maximum Gasteiger partial charge on any atom is 0.312 e. The van der Waals surface area contributed by atoms with Crippen LogP contribution in [0, 0.1) is 5.92 Å². The van der Waals surface area contributed by atoms with Crippen LogP contribution in [0.1, 0.15) is 18.0 Å². The van der Waals surface area contributed by atoms with E-state index < -0.39 is 24.2 Å². The van der Waals surface area contributed by atoms with E-state index in [1.807, 2.05) is 0 Å². The lowest BCUT2D eigenvalue weighted by atomic mass is 9.93. The zero-order chi connectivity index (χ0) is 14.1. The monoisotopic (exact) mass is 280 g/mol. The van der Waals surface area contributed by atoms with Gasteiger partial charge in [0, 0.05) is 6.42 Å². The van der Waals surface area contributed by atoms with Crippen molar-refractivity contribution < 1.29 is 24.5 Å². The molecule has 0 aromatic heterocycles. The number of carbonyl (C=O) groups is 1. The van der Waals surface area contributed by atoms with Crippen LogP contribution >= 0.6 is 0 Å². The molecule has 1 fully saturated rings.